The van der Waals surface area contributed by atoms with Crippen LogP contribution in [0.1, 0.15) is 25.3 Å². The molecular weight excluding hydrogens is 253 g/mol. The third-order valence-corrected chi connectivity index (χ3v) is 3.13. The van der Waals surface area contributed by atoms with Gasteiger partial charge < -0.3 is 11.1 Å². The summed E-state index contributed by atoms with van der Waals surface area (Å²) in [5.41, 5.74) is 5.36. The van der Waals surface area contributed by atoms with Crippen LogP contribution < -0.4 is 11.1 Å². The molecular formula is C9H15F3N4S. The SMILES string of the molecule is CC(C)(CCN)CNc1nnc(C(F)(F)F)s1. The minimum Gasteiger partial charge on any atom is -0.360 e. The van der Waals surface area contributed by atoms with Crippen LogP contribution in [0.3, 0.4) is 0 Å². The summed E-state index contributed by atoms with van der Waals surface area (Å²) in [6.07, 6.45) is -3.64. The van der Waals surface area contributed by atoms with E-state index in [2.05, 4.69) is 15.5 Å². The number of aromatic nitrogens is 2. The van der Waals surface area contributed by atoms with E-state index < -0.39 is 11.2 Å². The van der Waals surface area contributed by atoms with Crippen molar-refractivity contribution in [2.75, 3.05) is 18.4 Å². The Hall–Kier alpha value is -0.890. The van der Waals surface area contributed by atoms with Gasteiger partial charge in [-0.25, -0.2) is 0 Å². The van der Waals surface area contributed by atoms with Crippen molar-refractivity contribution in [2.45, 2.75) is 26.4 Å². The highest BCUT2D eigenvalue weighted by Gasteiger charge is 2.35. The van der Waals surface area contributed by atoms with Gasteiger partial charge in [-0.3, -0.25) is 0 Å². The van der Waals surface area contributed by atoms with Crippen LogP contribution in [-0.4, -0.2) is 23.3 Å². The van der Waals surface area contributed by atoms with Gasteiger partial charge in [-0.1, -0.05) is 25.2 Å². The van der Waals surface area contributed by atoms with Gasteiger partial charge in [0.2, 0.25) is 10.1 Å². The van der Waals surface area contributed by atoms with Crippen LogP contribution in [0.4, 0.5) is 18.3 Å². The van der Waals surface area contributed by atoms with Gasteiger partial charge >= 0.3 is 6.18 Å². The van der Waals surface area contributed by atoms with Crippen molar-refractivity contribution in [3.63, 3.8) is 0 Å². The maximum Gasteiger partial charge on any atom is 0.445 e. The fourth-order valence-electron chi connectivity index (χ4n) is 1.20. The van der Waals surface area contributed by atoms with Crippen molar-refractivity contribution < 1.29 is 13.2 Å². The van der Waals surface area contributed by atoms with Crippen LogP contribution in [-0.2, 0) is 6.18 Å². The quantitative estimate of drug-likeness (QED) is 0.860. The van der Waals surface area contributed by atoms with Crippen molar-refractivity contribution in [1.29, 1.82) is 0 Å². The van der Waals surface area contributed by atoms with Gasteiger partial charge in [0.1, 0.15) is 0 Å². The number of anilines is 1. The average molecular weight is 268 g/mol. The zero-order valence-corrected chi connectivity index (χ0v) is 10.5. The van der Waals surface area contributed by atoms with Crippen molar-refractivity contribution in [3.05, 3.63) is 5.01 Å². The Morgan fingerprint density at radius 2 is 1.94 bits per heavy atom. The molecule has 0 saturated heterocycles. The largest absolute Gasteiger partial charge is 0.445 e. The van der Waals surface area contributed by atoms with Crippen LogP contribution in [0.15, 0.2) is 0 Å². The van der Waals surface area contributed by atoms with Crippen LogP contribution in [0.25, 0.3) is 0 Å². The van der Waals surface area contributed by atoms with E-state index in [9.17, 15) is 13.2 Å². The monoisotopic (exact) mass is 268 g/mol. The van der Waals surface area contributed by atoms with Gasteiger partial charge in [0.05, 0.1) is 0 Å². The molecule has 1 rings (SSSR count). The molecule has 4 nitrogen and oxygen atoms in total. The molecule has 98 valence electrons. The molecule has 17 heavy (non-hydrogen) atoms. The lowest BCUT2D eigenvalue weighted by atomic mass is 9.89. The Morgan fingerprint density at radius 1 is 1.29 bits per heavy atom. The number of hydrogen-bond acceptors (Lipinski definition) is 5. The zero-order chi connectivity index (χ0) is 13.1. The first-order valence-electron chi connectivity index (χ1n) is 5.09. The number of nitrogens with one attached hydrogen (secondary N) is 1. The molecule has 0 saturated carbocycles. The van der Waals surface area contributed by atoms with Crippen LogP contribution >= 0.6 is 11.3 Å². The van der Waals surface area contributed by atoms with E-state index in [1.807, 2.05) is 13.8 Å². The Kier molecular flexibility index (Phi) is 4.31. The highest BCUT2D eigenvalue weighted by molar-refractivity contribution is 7.15. The maximum absolute atomic E-state index is 12.3. The van der Waals surface area contributed by atoms with Gasteiger partial charge in [0.25, 0.3) is 0 Å². The number of nitrogens with two attached hydrogens (primary N) is 1. The first-order chi connectivity index (χ1) is 7.74. The lowest BCUT2D eigenvalue weighted by molar-refractivity contribution is -0.138. The minimum atomic E-state index is -4.43. The molecule has 0 aliphatic heterocycles. The van der Waals surface area contributed by atoms with Gasteiger partial charge in [0, 0.05) is 6.54 Å². The third-order valence-electron chi connectivity index (χ3n) is 2.21. The fraction of sp³-hybridized carbons (Fsp3) is 0.778. The molecule has 3 N–H and O–H groups in total. The molecule has 0 aliphatic carbocycles. The highest BCUT2D eigenvalue weighted by Crippen LogP contribution is 2.33. The standard InChI is InChI=1S/C9H15F3N4S/c1-8(2,3-4-13)5-14-7-16-15-6(17-7)9(10,11)12/h3-5,13H2,1-2H3,(H,14,16). The molecule has 0 aliphatic rings. The van der Waals surface area contributed by atoms with Crippen molar-refractivity contribution in [1.82, 2.24) is 10.2 Å². The molecule has 0 bridgehead atoms. The van der Waals surface area contributed by atoms with E-state index in [4.69, 9.17) is 5.73 Å². The third kappa shape index (κ3) is 4.47. The second-order valence-electron chi connectivity index (χ2n) is 4.47. The molecule has 0 aromatic carbocycles. The Bertz CT molecular complexity index is 361. The first kappa shape index (κ1) is 14.2. The fourth-order valence-corrected chi connectivity index (χ4v) is 1.81. The van der Waals surface area contributed by atoms with E-state index in [-0.39, 0.29) is 10.5 Å². The van der Waals surface area contributed by atoms with Gasteiger partial charge in [0.15, 0.2) is 0 Å². The summed E-state index contributed by atoms with van der Waals surface area (Å²) in [6, 6.07) is 0. The van der Waals surface area contributed by atoms with Gasteiger partial charge in [-0.05, 0) is 18.4 Å². The lowest BCUT2D eigenvalue weighted by Gasteiger charge is -2.23. The second kappa shape index (κ2) is 5.18. The predicted octanol–water partition coefficient (Wildman–Crippen LogP) is 2.34. The molecule has 0 radical (unpaired) electrons. The Balaban J connectivity index is 2.56. The summed E-state index contributed by atoms with van der Waals surface area (Å²) in [5, 5.41) is 8.64. The summed E-state index contributed by atoms with van der Waals surface area (Å²) in [4.78, 5) is 0. The molecule has 0 amide bonds. The number of hydrogen-bond donors (Lipinski definition) is 2. The van der Waals surface area contributed by atoms with Gasteiger partial charge in [-0.15, -0.1) is 10.2 Å². The molecule has 0 fully saturated rings. The summed E-state index contributed by atoms with van der Waals surface area (Å²) < 4.78 is 36.8. The molecule has 0 spiro atoms. The second-order valence-corrected chi connectivity index (χ2v) is 5.44. The van der Waals surface area contributed by atoms with Gasteiger partial charge in [-0.2, -0.15) is 13.2 Å². The molecule has 0 unspecified atom stereocenters. The number of alkyl halides is 3. The first-order valence-corrected chi connectivity index (χ1v) is 5.91. The number of halogens is 3. The van der Waals surface area contributed by atoms with Crippen LogP contribution in [0, 0.1) is 5.41 Å². The topological polar surface area (TPSA) is 63.8 Å². The highest BCUT2D eigenvalue weighted by atomic mass is 32.1. The van der Waals surface area contributed by atoms with E-state index in [1.54, 1.807) is 0 Å². The molecule has 1 aromatic heterocycles. The van der Waals surface area contributed by atoms with E-state index in [1.165, 1.54) is 0 Å². The Labute approximate surface area is 101 Å². The van der Waals surface area contributed by atoms with E-state index in [0.717, 1.165) is 6.42 Å². The van der Waals surface area contributed by atoms with Crippen molar-refractivity contribution in [3.8, 4) is 0 Å². The summed E-state index contributed by atoms with van der Waals surface area (Å²) in [7, 11) is 0. The maximum atomic E-state index is 12.3. The molecule has 1 heterocycles. The number of nitrogens with zero attached hydrogens (tertiary/aromatic N) is 2. The summed E-state index contributed by atoms with van der Waals surface area (Å²) >= 11 is 0.509. The molecule has 0 atom stereocenters. The zero-order valence-electron chi connectivity index (χ0n) is 9.64. The van der Waals surface area contributed by atoms with Crippen LogP contribution in [0.2, 0.25) is 0 Å². The summed E-state index contributed by atoms with van der Waals surface area (Å²) in [5.74, 6) is 0. The molecule has 8 heteroatoms. The van der Waals surface area contributed by atoms with Crippen molar-refractivity contribution in [2.24, 2.45) is 11.1 Å². The minimum absolute atomic E-state index is 0.0845. The molecule has 1 aromatic rings. The Morgan fingerprint density at radius 3 is 2.41 bits per heavy atom. The normalized spacial score (nSPS) is 12.8. The number of rotatable bonds is 5. The average Bonchev–Trinajstić information content (AvgIpc) is 2.62. The van der Waals surface area contributed by atoms with E-state index in [0.29, 0.717) is 24.4 Å². The van der Waals surface area contributed by atoms with Crippen LogP contribution in [0.5, 0.6) is 0 Å². The predicted molar refractivity (Wildman–Crippen MR) is 60.9 cm³/mol. The summed E-state index contributed by atoms with van der Waals surface area (Å²) in [6.45, 7) is 5.02. The van der Waals surface area contributed by atoms with Crippen molar-refractivity contribution >= 4 is 16.5 Å². The smallest absolute Gasteiger partial charge is 0.360 e. The van der Waals surface area contributed by atoms with E-state index >= 15 is 0 Å². The lowest BCUT2D eigenvalue weighted by Crippen LogP contribution is -2.26.